The van der Waals surface area contributed by atoms with Crippen LogP contribution in [0.15, 0.2) is 47.1 Å². The van der Waals surface area contributed by atoms with Crippen LogP contribution in [0.5, 0.6) is 0 Å². The number of furan rings is 1. The molecule has 1 amide bonds. The minimum absolute atomic E-state index is 0.122. The summed E-state index contributed by atoms with van der Waals surface area (Å²) in [5, 5.41) is 3.96. The van der Waals surface area contributed by atoms with Crippen LogP contribution >= 0.6 is 0 Å². The van der Waals surface area contributed by atoms with Gasteiger partial charge in [-0.15, -0.1) is 0 Å². The molecule has 3 aromatic rings. The molecule has 1 aliphatic carbocycles. The Bertz CT molecular complexity index is 915. The molecule has 25 heavy (non-hydrogen) atoms. The molecule has 0 aliphatic heterocycles. The fourth-order valence-electron chi connectivity index (χ4n) is 3.48. The molecule has 1 atom stereocenters. The maximum Gasteiger partial charge on any atom is 0.255 e. The molecule has 0 saturated carbocycles. The predicted octanol–water partition coefficient (Wildman–Crippen LogP) is 3.50. The number of nitrogens with zero attached hydrogens (tertiary/aromatic N) is 2. The molecule has 2 aromatic heterocycles. The maximum absolute atomic E-state index is 12.5. The lowest BCUT2D eigenvalue weighted by Crippen LogP contribution is -2.33. The summed E-state index contributed by atoms with van der Waals surface area (Å²) in [6, 6.07) is 9.74. The molecule has 0 radical (unpaired) electrons. The van der Waals surface area contributed by atoms with E-state index < -0.39 is 0 Å². The smallest absolute Gasteiger partial charge is 0.255 e. The van der Waals surface area contributed by atoms with E-state index >= 15 is 0 Å². The van der Waals surface area contributed by atoms with Gasteiger partial charge in [-0.05, 0) is 57.3 Å². The first-order chi connectivity index (χ1) is 12.1. The first kappa shape index (κ1) is 15.8. The number of rotatable bonds is 3. The van der Waals surface area contributed by atoms with Crippen molar-refractivity contribution in [1.82, 2.24) is 9.88 Å². The van der Waals surface area contributed by atoms with Gasteiger partial charge in [0, 0.05) is 47.1 Å². The van der Waals surface area contributed by atoms with Gasteiger partial charge in [0.05, 0.1) is 0 Å². The van der Waals surface area contributed by atoms with Crippen molar-refractivity contribution in [2.75, 3.05) is 19.4 Å². The van der Waals surface area contributed by atoms with Gasteiger partial charge in [0.1, 0.15) is 11.3 Å². The lowest BCUT2D eigenvalue weighted by atomic mass is 9.91. The molecule has 4 rings (SSSR count). The Hall–Kier alpha value is -2.66. The Morgan fingerprint density at radius 3 is 2.80 bits per heavy atom. The molecule has 128 valence electrons. The van der Waals surface area contributed by atoms with E-state index in [4.69, 9.17) is 4.42 Å². The van der Waals surface area contributed by atoms with E-state index in [0.29, 0.717) is 11.6 Å². The number of carbonyl (C=O) groups is 1. The average molecular weight is 335 g/mol. The average Bonchev–Trinajstić information content (AvgIpc) is 2.99. The quantitative estimate of drug-likeness (QED) is 0.796. The summed E-state index contributed by atoms with van der Waals surface area (Å²) in [5.74, 6) is 0.947. The fourth-order valence-corrected chi connectivity index (χ4v) is 3.48. The van der Waals surface area contributed by atoms with Gasteiger partial charge in [0.2, 0.25) is 0 Å². The van der Waals surface area contributed by atoms with Crippen LogP contribution in [0, 0.1) is 0 Å². The predicted molar refractivity (Wildman–Crippen MR) is 97.9 cm³/mol. The number of amides is 1. The van der Waals surface area contributed by atoms with E-state index in [1.165, 1.54) is 5.56 Å². The zero-order chi connectivity index (χ0) is 17.4. The number of likely N-dealkylation sites (N-methyl/N-ethyl adjacent to an activating group) is 1. The Kier molecular flexibility index (Phi) is 4.01. The van der Waals surface area contributed by atoms with Gasteiger partial charge in [-0.2, -0.15) is 0 Å². The van der Waals surface area contributed by atoms with E-state index in [0.717, 1.165) is 41.7 Å². The second-order valence-electron chi connectivity index (χ2n) is 6.76. The summed E-state index contributed by atoms with van der Waals surface area (Å²) in [5.41, 5.74) is 3.49. The summed E-state index contributed by atoms with van der Waals surface area (Å²) < 4.78 is 6.01. The topological polar surface area (TPSA) is 58.4 Å². The van der Waals surface area contributed by atoms with Crippen molar-refractivity contribution in [2.24, 2.45) is 0 Å². The van der Waals surface area contributed by atoms with Crippen LogP contribution in [-0.2, 0) is 12.8 Å². The molecule has 1 unspecified atom stereocenters. The molecule has 0 bridgehead atoms. The first-order valence-electron chi connectivity index (χ1n) is 8.54. The van der Waals surface area contributed by atoms with Gasteiger partial charge in [-0.25, -0.2) is 0 Å². The Morgan fingerprint density at radius 1 is 1.24 bits per heavy atom. The molecule has 5 heteroatoms. The highest BCUT2D eigenvalue weighted by Gasteiger charge is 2.25. The fraction of sp³-hybridized carbons (Fsp3) is 0.300. The van der Waals surface area contributed by atoms with Crippen molar-refractivity contribution in [3.05, 3.63) is 59.6 Å². The van der Waals surface area contributed by atoms with Gasteiger partial charge in [-0.1, -0.05) is 0 Å². The third-order valence-corrected chi connectivity index (χ3v) is 4.95. The van der Waals surface area contributed by atoms with Crippen LogP contribution in [0.4, 0.5) is 5.69 Å². The second kappa shape index (κ2) is 6.33. The molecule has 0 fully saturated rings. The van der Waals surface area contributed by atoms with Crippen LogP contribution in [0.25, 0.3) is 11.0 Å². The molecule has 1 aromatic carbocycles. The minimum Gasteiger partial charge on any atom is -0.461 e. The Balaban J connectivity index is 1.66. The Labute approximate surface area is 146 Å². The second-order valence-corrected chi connectivity index (χ2v) is 6.76. The van der Waals surface area contributed by atoms with E-state index in [1.807, 2.05) is 18.2 Å². The number of carbonyl (C=O) groups excluding carboxylic acids is 1. The SMILES string of the molecule is CN(C)C1CCc2oc3ccc(C(=O)Nc4ccncc4)cc3c2C1. The van der Waals surface area contributed by atoms with Gasteiger partial charge in [0.15, 0.2) is 0 Å². The van der Waals surface area contributed by atoms with Crippen molar-refractivity contribution in [3.8, 4) is 0 Å². The molecule has 0 saturated heterocycles. The monoisotopic (exact) mass is 335 g/mol. The molecule has 1 aliphatic rings. The maximum atomic E-state index is 12.5. The van der Waals surface area contributed by atoms with Crippen LogP contribution in [-0.4, -0.2) is 35.9 Å². The zero-order valence-corrected chi connectivity index (χ0v) is 14.5. The van der Waals surface area contributed by atoms with E-state index in [9.17, 15) is 4.79 Å². The highest BCUT2D eigenvalue weighted by atomic mass is 16.3. The van der Waals surface area contributed by atoms with Crippen LogP contribution in [0.2, 0.25) is 0 Å². The summed E-state index contributed by atoms with van der Waals surface area (Å²) in [6.45, 7) is 0. The number of hydrogen-bond acceptors (Lipinski definition) is 4. The third-order valence-electron chi connectivity index (χ3n) is 4.95. The van der Waals surface area contributed by atoms with Gasteiger partial charge >= 0.3 is 0 Å². The standard InChI is InChI=1S/C20H21N3O2/c1-23(2)15-4-6-19-17(12-15)16-11-13(3-5-18(16)25-19)20(24)22-14-7-9-21-10-8-14/h3,5,7-11,15H,4,6,12H2,1-2H3,(H,21,22,24). The number of aryl methyl sites for hydroxylation is 1. The summed E-state index contributed by atoms with van der Waals surface area (Å²) >= 11 is 0. The number of aromatic nitrogens is 1. The number of benzene rings is 1. The number of hydrogen-bond donors (Lipinski definition) is 1. The molecule has 1 N–H and O–H groups in total. The van der Waals surface area contributed by atoms with Crippen molar-refractivity contribution >= 4 is 22.6 Å². The lowest BCUT2D eigenvalue weighted by Gasteiger charge is -2.27. The van der Waals surface area contributed by atoms with Gasteiger partial charge < -0.3 is 14.6 Å². The molecule has 0 spiro atoms. The number of nitrogens with one attached hydrogen (secondary N) is 1. The van der Waals surface area contributed by atoms with Crippen molar-refractivity contribution in [3.63, 3.8) is 0 Å². The van der Waals surface area contributed by atoms with Crippen LogP contribution < -0.4 is 5.32 Å². The summed E-state index contributed by atoms with van der Waals surface area (Å²) in [7, 11) is 4.23. The summed E-state index contributed by atoms with van der Waals surface area (Å²) in [4.78, 5) is 18.8. The normalized spacial score (nSPS) is 16.8. The highest BCUT2D eigenvalue weighted by molar-refractivity contribution is 6.06. The van der Waals surface area contributed by atoms with E-state index in [1.54, 1.807) is 24.5 Å². The zero-order valence-electron chi connectivity index (χ0n) is 14.5. The van der Waals surface area contributed by atoms with E-state index in [2.05, 4.69) is 29.3 Å². The van der Waals surface area contributed by atoms with Gasteiger partial charge in [-0.3, -0.25) is 9.78 Å². The highest BCUT2D eigenvalue weighted by Crippen LogP contribution is 2.33. The lowest BCUT2D eigenvalue weighted by molar-refractivity contribution is 0.102. The third kappa shape index (κ3) is 3.03. The number of anilines is 1. The van der Waals surface area contributed by atoms with Crippen molar-refractivity contribution in [1.29, 1.82) is 0 Å². The molecule has 5 nitrogen and oxygen atoms in total. The Morgan fingerprint density at radius 2 is 2.04 bits per heavy atom. The number of pyridine rings is 1. The van der Waals surface area contributed by atoms with Crippen molar-refractivity contribution < 1.29 is 9.21 Å². The molecular weight excluding hydrogens is 314 g/mol. The first-order valence-corrected chi connectivity index (χ1v) is 8.54. The number of fused-ring (bicyclic) bond motifs is 3. The van der Waals surface area contributed by atoms with Crippen LogP contribution in [0.3, 0.4) is 0 Å². The molecular formula is C20H21N3O2. The van der Waals surface area contributed by atoms with E-state index in [-0.39, 0.29) is 5.91 Å². The van der Waals surface area contributed by atoms with Crippen LogP contribution in [0.1, 0.15) is 28.1 Å². The summed E-state index contributed by atoms with van der Waals surface area (Å²) in [6.07, 6.45) is 6.34. The molecule has 2 heterocycles. The minimum atomic E-state index is -0.122. The largest absolute Gasteiger partial charge is 0.461 e. The van der Waals surface area contributed by atoms with Crippen molar-refractivity contribution in [2.45, 2.75) is 25.3 Å². The van der Waals surface area contributed by atoms with Gasteiger partial charge in [0.25, 0.3) is 5.91 Å².